The number of rotatable bonds is 4. The van der Waals surface area contributed by atoms with Crippen molar-refractivity contribution in [3.8, 4) is 0 Å². The fourth-order valence-electron chi connectivity index (χ4n) is 3.32. The van der Waals surface area contributed by atoms with Crippen molar-refractivity contribution in [1.29, 1.82) is 5.41 Å². The van der Waals surface area contributed by atoms with Crippen molar-refractivity contribution in [1.82, 2.24) is 0 Å². The van der Waals surface area contributed by atoms with Crippen LogP contribution < -0.4 is 4.90 Å². The average Bonchev–Trinajstić information content (AvgIpc) is 3.01. The summed E-state index contributed by atoms with van der Waals surface area (Å²) in [6.45, 7) is 0. The predicted octanol–water partition coefficient (Wildman–Crippen LogP) is 5.67. The molecule has 1 aliphatic rings. The van der Waals surface area contributed by atoms with Crippen molar-refractivity contribution >= 4 is 44.3 Å². The SMILES string of the molecule is N=C1S[C@@H](C(=O)c2ccccc2)[C@@](Br)(c2ccccc2)N1c1ccccc1. The quantitative estimate of drug-likeness (QED) is 0.325. The van der Waals surface area contributed by atoms with Gasteiger partial charge in [-0.2, -0.15) is 0 Å². The first kappa shape index (κ1) is 18.0. The van der Waals surface area contributed by atoms with Crippen LogP contribution in [0.1, 0.15) is 15.9 Å². The molecule has 1 heterocycles. The minimum atomic E-state index is -0.843. The van der Waals surface area contributed by atoms with Crippen LogP contribution in [0.4, 0.5) is 5.69 Å². The lowest BCUT2D eigenvalue weighted by Crippen LogP contribution is -2.46. The van der Waals surface area contributed by atoms with Gasteiger partial charge in [0.25, 0.3) is 0 Å². The Labute approximate surface area is 171 Å². The van der Waals surface area contributed by atoms with Gasteiger partial charge >= 0.3 is 0 Å². The minimum absolute atomic E-state index is 0.00418. The van der Waals surface area contributed by atoms with E-state index < -0.39 is 9.70 Å². The molecule has 5 heteroatoms. The van der Waals surface area contributed by atoms with Crippen LogP contribution in [0.15, 0.2) is 91.0 Å². The van der Waals surface area contributed by atoms with Crippen molar-refractivity contribution in [2.24, 2.45) is 0 Å². The van der Waals surface area contributed by atoms with Crippen molar-refractivity contribution in [3.05, 3.63) is 102 Å². The Morgan fingerprint density at radius 2 is 1.41 bits per heavy atom. The summed E-state index contributed by atoms with van der Waals surface area (Å²) in [6.07, 6.45) is 0. The molecule has 0 spiro atoms. The number of thioether (sulfide) groups is 1. The van der Waals surface area contributed by atoms with Crippen LogP contribution in [0.25, 0.3) is 0 Å². The van der Waals surface area contributed by atoms with Gasteiger partial charge in [0, 0.05) is 11.3 Å². The molecule has 134 valence electrons. The lowest BCUT2D eigenvalue weighted by Gasteiger charge is -2.37. The molecule has 0 unspecified atom stereocenters. The van der Waals surface area contributed by atoms with Crippen LogP contribution in [-0.4, -0.2) is 16.2 Å². The summed E-state index contributed by atoms with van der Waals surface area (Å²) in [5, 5.41) is 8.49. The monoisotopic (exact) mass is 436 g/mol. The zero-order valence-corrected chi connectivity index (χ0v) is 16.8. The molecule has 2 atom stereocenters. The summed E-state index contributed by atoms with van der Waals surface area (Å²) in [6, 6.07) is 28.9. The van der Waals surface area contributed by atoms with Crippen molar-refractivity contribution in [2.45, 2.75) is 9.70 Å². The molecule has 3 nitrogen and oxygen atoms in total. The molecule has 4 rings (SSSR count). The molecule has 0 aliphatic carbocycles. The van der Waals surface area contributed by atoms with E-state index in [0.717, 1.165) is 11.3 Å². The van der Waals surface area contributed by atoms with Gasteiger partial charge in [-0.05, 0) is 17.7 Å². The van der Waals surface area contributed by atoms with E-state index in [1.807, 2.05) is 95.9 Å². The molecule has 0 saturated carbocycles. The molecule has 27 heavy (non-hydrogen) atoms. The number of nitrogens with zero attached hydrogens (tertiary/aromatic N) is 1. The Bertz CT molecular complexity index is 965. The maximum atomic E-state index is 13.4. The summed E-state index contributed by atoms with van der Waals surface area (Å²) >= 11 is 5.19. The summed E-state index contributed by atoms with van der Waals surface area (Å²) in [5.74, 6) is 0.00418. The standard InChI is InChI=1S/C22H17BrN2OS/c23-22(17-12-6-2-7-13-17)20(19(26)16-10-4-1-5-11-16)27-21(24)25(22)18-14-8-3-9-15-18/h1-15,20,24H/t20-,22+/m0/s1. The number of nitrogens with one attached hydrogen (secondary N) is 1. The van der Waals surface area contributed by atoms with E-state index in [1.54, 1.807) is 0 Å². The largest absolute Gasteiger partial charge is 0.300 e. The molecule has 1 aliphatic heterocycles. The lowest BCUT2D eigenvalue weighted by atomic mass is 9.95. The third-order valence-corrected chi connectivity index (χ3v) is 7.37. The summed E-state index contributed by atoms with van der Waals surface area (Å²) < 4.78 is -0.843. The Balaban J connectivity index is 1.87. The molecule has 1 saturated heterocycles. The summed E-state index contributed by atoms with van der Waals surface area (Å²) in [4.78, 5) is 15.3. The van der Waals surface area contributed by atoms with E-state index in [4.69, 9.17) is 5.41 Å². The highest BCUT2D eigenvalue weighted by Gasteiger charge is 2.55. The second-order valence-electron chi connectivity index (χ2n) is 6.24. The maximum absolute atomic E-state index is 13.4. The average molecular weight is 437 g/mol. The fraction of sp³-hybridized carbons (Fsp3) is 0.0909. The maximum Gasteiger partial charge on any atom is 0.179 e. The van der Waals surface area contributed by atoms with Crippen LogP contribution in [0, 0.1) is 5.41 Å². The normalized spacial score (nSPS) is 22.0. The third-order valence-electron chi connectivity index (χ3n) is 4.59. The van der Waals surface area contributed by atoms with Gasteiger partial charge in [-0.15, -0.1) is 0 Å². The number of para-hydroxylation sites is 1. The molecule has 1 fully saturated rings. The first-order valence-corrected chi connectivity index (χ1v) is 10.2. The molecule has 0 radical (unpaired) electrons. The molecule has 1 N–H and O–H groups in total. The van der Waals surface area contributed by atoms with Crippen LogP contribution in [0.2, 0.25) is 0 Å². The van der Waals surface area contributed by atoms with Crippen molar-refractivity contribution in [2.75, 3.05) is 4.90 Å². The highest BCUT2D eigenvalue weighted by Crippen LogP contribution is 2.53. The highest BCUT2D eigenvalue weighted by molar-refractivity contribution is 9.10. The zero-order valence-electron chi connectivity index (χ0n) is 14.4. The van der Waals surface area contributed by atoms with Crippen LogP contribution in [0.5, 0.6) is 0 Å². The molecule has 0 bridgehead atoms. The molecule has 0 aromatic heterocycles. The molecule has 3 aromatic carbocycles. The second kappa shape index (κ2) is 7.33. The number of hydrogen-bond acceptors (Lipinski definition) is 3. The highest BCUT2D eigenvalue weighted by atomic mass is 79.9. The van der Waals surface area contributed by atoms with Gasteiger partial charge in [0.1, 0.15) is 9.70 Å². The number of carbonyl (C=O) groups excluding carboxylic acids is 1. The Morgan fingerprint density at radius 3 is 2.00 bits per heavy atom. The molecule has 3 aromatic rings. The number of carbonyl (C=O) groups is 1. The predicted molar refractivity (Wildman–Crippen MR) is 116 cm³/mol. The van der Waals surface area contributed by atoms with Gasteiger partial charge in [0.2, 0.25) is 0 Å². The number of alkyl halides is 1. The van der Waals surface area contributed by atoms with Gasteiger partial charge in [0.15, 0.2) is 11.0 Å². The number of halogens is 1. The van der Waals surface area contributed by atoms with E-state index in [9.17, 15) is 4.79 Å². The van der Waals surface area contributed by atoms with Crippen LogP contribution >= 0.6 is 27.7 Å². The summed E-state index contributed by atoms with van der Waals surface area (Å²) in [7, 11) is 0. The Hall–Kier alpha value is -2.37. The molecular weight excluding hydrogens is 420 g/mol. The van der Waals surface area contributed by atoms with Gasteiger partial charge < -0.3 is 0 Å². The first-order valence-electron chi connectivity index (χ1n) is 8.56. The zero-order chi connectivity index (χ0) is 18.9. The first-order chi connectivity index (χ1) is 13.1. The number of amidine groups is 1. The minimum Gasteiger partial charge on any atom is -0.300 e. The lowest BCUT2D eigenvalue weighted by molar-refractivity contribution is 0.0979. The van der Waals surface area contributed by atoms with E-state index in [0.29, 0.717) is 10.7 Å². The topological polar surface area (TPSA) is 44.2 Å². The Kier molecular flexibility index (Phi) is 4.89. The number of ketones is 1. The number of anilines is 1. The second-order valence-corrected chi connectivity index (χ2v) is 8.55. The smallest absolute Gasteiger partial charge is 0.179 e. The fourth-order valence-corrected chi connectivity index (χ4v) is 5.79. The van der Waals surface area contributed by atoms with Gasteiger partial charge in [-0.3, -0.25) is 15.1 Å². The summed E-state index contributed by atoms with van der Waals surface area (Å²) in [5.41, 5.74) is 2.47. The van der Waals surface area contributed by atoms with E-state index in [-0.39, 0.29) is 5.78 Å². The number of hydrogen-bond donors (Lipinski definition) is 1. The van der Waals surface area contributed by atoms with Crippen molar-refractivity contribution in [3.63, 3.8) is 0 Å². The van der Waals surface area contributed by atoms with Crippen LogP contribution in [-0.2, 0) is 4.45 Å². The van der Waals surface area contributed by atoms with E-state index in [2.05, 4.69) is 15.9 Å². The molecular formula is C22H17BrN2OS. The molecule has 0 amide bonds. The number of Topliss-reactive ketones (excluding diaryl/α,β-unsaturated/α-hetero) is 1. The van der Waals surface area contributed by atoms with Crippen LogP contribution in [0.3, 0.4) is 0 Å². The van der Waals surface area contributed by atoms with Crippen molar-refractivity contribution < 1.29 is 4.79 Å². The van der Waals surface area contributed by atoms with E-state index >= 15 is 0 Å². The Morgan fingerprint density at radius 1 is 0.889 bits per heavy atom. The number of benzene rings is 3. The van der Waals surface area contributed by atoms with Gasteiger partial charge in [-0.25, -0.2) is 0 Å². The third kappa shape index (κ3) is 3.11. The van der Waals surface area contributed by atoms with Gasteiger partial charge in [0.05, 0.1) is 0 Å². The van der Waals surface area contributed by atoms with Gasteiger partial charge in [-0.1, -0.05) is 107 Å². The van der Waals surface area contributed by atoms with E-state index in [1.165, 1.54) is 11.8 Å².